The van der Waals surface area contributed by atoms with Crippen molar-refractivity contribution in [3.8, 4) is 11.3 Å². The van der Waals surface area contributed by atoms with Crippen molar-refractivity contribution in [1.82, 2.24) is 4.98 Å². The van der Waals surface area contributed by atoms with Gasteiger partial charge in [0.25, 0.3) is 11.4 Å². The Balaban J connectivity index is 1.57. The zero-order chi connectivity index (χ0) is 19.7. The van der Waals surface area contributed by atoms with Crippen molar-refractivity contribution in [2.75, 3.05) is 0 Å². The van der Waals surface area contributed by atoms with Gasteiger partial charge in [-0.1, -0.05) is 12.1 Å². The monoisotopic (exact) mass is 393 g/mol. The molecule has 0 fully saturated rings. The van der Waals surface area contributed by atoms with Crippen LogP contribution in [0.4, 0.5) is 11.4 Å². The summed E-state index contributed by atoms with van der Waals surface area (Å²) in [6.07, 6.45) is 3.49. The number of furan rings is 1. The van der Waals surface area contributed by atoms with Gasteiger partial charge in [-0.2, -0.15) is 0 Å². The first kappa shape index (κ1) is 17.6. The first-order chi connectivity index (χ1) is 13.5. The van der Waals surface area contributed by atoms with Gasteiger partial charge in [0, 0.05) is 29.8 Å². The van der Waals surface area contributed by atoms with Gasteiger partial charge in [-0.3, -0.25) is 20.2 Å². The molecule has 0 bridgehead atoms. The molecular weight excluding hydrogens is 382 g/mol. The SMILES string of the molecule is O=[N+]([O-])c1cccc(-c2ccc(C=Cc3nc4ccc([N+](=O)[O-])cc4s3)o2)c1. The molecule has 0 unspecified atom stereocenters. The summed E-state index contributed by atoms with van der Waals surface area (Å²) in [5.41, 5.74) is 1.32. The van der Waals surface area contributed by atoms with Gasteiger partial charge < -0.3 is 4.42 Å². The van der Waals surface area contributed by atoms with Crippen LogP contribution in [0, 0.1) is 20.2 Å². The quantitative estimate of drug-likeness (QED) is 0.325. The Kier molecular flexibility index (Phi) is 4.42. The molecule has 8 nitrogen and oxygen atoms in total. The molecule has 9 heteroatoms. The van der Waals surface area contributed by atoms with E-state index in [9.17, 15) is 20.2 Å². The van der Waals surface area contributed by atoms with E-state index in [1.807, 2.05) is 0 Å². The van der Waals surface area contributed by atoms with Crippen LogP contribution >= 0.6 is 11.3 Å². The summed E-state index contributed by atoms with van der Waals surface area (Å²) in [6.45, 7) is 0. The molecule has 4 rings (SSSR count). The highest BCUT2D eigenvalue weighted by atomic mass is 32.1. The average Bonchev–Trinajstić information content (AvgIpc) is 3.32. The predicted molar refractivity (Wildman–Crippen MR) is 106 cm³/mol. The molecule has 0 amide bonds. The number of nitro groups is 2. The largest absolute Gasteiger partial charge is 0.457 e. The molecule has 0 aliphatic rings. The van der Waals surface area contributed by atoms with Gasteiger partial charge in [0.15, 0.2) is 0 Å². The number of benzene rings is 2. The number of nitro benzene ring substituents is 2. The molecule has 2 aromatic heterocycles. The normalized spacial score (nSPS) is 11.3. The fourth-order valence-corrected chi connectivity index (χ4v) is 3.54. The molecule has 0 aliphatic heterocycles. The third-order valence-corrected chi connectivity index (χ3v) is 4.94. The Morgan fingerprint density at radius 3 is 2.50 bits per heavy atom. The minimum atomic E-state index is -0.454. The molecule has 0 saturated heterocycles. The van der Waals surface area contributed by atoms with Crippen LogP contribution in [0.25, 0.3) is 33.7 Å². The van der Waals surface area contributed by atoms with Gasteiger partial charge in [0.2, 0.25) is 0 Å². The summed E-state index contributed by atoms with van der Waals surface area (Å²) in [7, 11) is 0. The number of hydrogen-bond donors (Lipinski definition) is 0. The van der Waals surface area contributed by atoms with Crippen LogP contribution in [-0.4, -0.2) is 14.8 Å². The lowest BCUT2D eigenvalue weighted by atomic mass is 10.1. The maximum absolute atomic E-state index is 10.9. The Labute approximate surface area is 161 Å². The van der Waals surface area contributed by atoms with Crippen LogP contribution in [0.1, 0.15) is 10.8 Å². The van der Waals surface area contributed by atoms with E-state index in [0.717, 1.165) is 4.70 Å². The van der Waals surface area contributed by atoms with Crippen molar-refractivity contribution in [2.24, 2.45) is 0 Å². The molecule has 0 aliphatic carbocycles. The van der Waals surface area contributed by atoms with Gasteiger partial charge in [0.1, 0.15) is 16.5 Å². The van der Waals surface area contributed by atoms with E-state index in [0.29, 0.717) is 27.6 Å². The summed E-state index contributed by atoms with van der Waals surface area (Å²) < 4.78 is 6.46. The van der Waals surface area contributed by atoms with Crippen molar-refractivity contribution >= 4 is 45.1 Å². The molecule has 0 spiro atoms. The van der Waals surface area contributed by atoms with Crippen molar-refractivity contribution in [3.63, 3.8) is 0 Å². The van der Waals surface area contributed by atoms with Crippen LogP contribution in [0.15, 0.2) is 59.0 Å². The van der Waals surface area contributed by atoms with Gasteiger partial charge in [-0.25, -0.2) is 4.98 Å². The number of non-ortho nitro benzene ring substituents is 2. The number of fused-ring (bicyclic) bond motifs is 1. The number of nitrogens with zero attached hydrogens (tertiary/aromatic N) is 3. The van der Waals surface area contributed by atoms with Gasteiger partial charge in [-0.15, -0.1) is 11.3 Å². The smallest absolute Gasteiger partial charge is 0.270 e. The second kappa shape index (κ2) is 7.05. The van der Waals surface area contributed by atoms with Crippen molar-refractivity contribution in [3.05, 3.63) is 85.6 Å². The van der Waals surface area contributed by atoms with E-state index in [1.165, 1.54) is 35.6 Å². The van der Waals surface area contributed by atoms with Gasteiger partial charge in [-0.05, 0) is 30.4 Å². The highest BCUT2D eigenvalue weighted by Gasteiger charge is 2.11. The van der Waals surface area contributed by atoms with E-state index in [4.69, 9.17) is 4.42 Å². The molecule has 2 heterocycles. The zero-order valence-electron chi connectivity index (χ0n) is 14.1. The second-order valence-corrected chi connectivity index (χ2v) is 6.87. The molecule has 0 N–H and O–H groups in total. The van der Waals surface area contributed by atoms with Crippen LogP contribution in [0.3, 0.4) is 0 Å². The Bertz CT molecular complexity index is 1240. The van der Waals surface area contributed by atoms with Gasteiger partial charge in [0.05, 0.1) is 20.1 Å². The Morgan fingerprint density at radius 1 is 0.929 bits per heavy atom. The molecule has 0 atom stereocenters. The van der Waals surface area contributed by atoms with E-state index < -0.39 is 9.85 Å². The maximum atomic E-state index is 10.9. The summed E-state index contributed by atoms with van der Waals surface area (Å²) in [5, 5.41) is 22.5. The lowest BCUT2D eigenvalue weighted by molar-refractivity contribution is -0.384. The minimum absolute atomic E-state index is 0.00504. The molecule has 0 radical (unpaired) electrons. The number of hydrogen-bond acceptors (Lipinski definition) is 7. The highest BCUT2D eigenvalue weighted by Crippen LogP contribution is 2.29. The molecule has 2 aromatic carbocycles. The third kappa shape index (κ3) is 3.51. The average molecular weight is 393 g/mol. The van der Waals surface area contributed by atoms with Crippen LogP contribution < -0.4 is 0 Å². The standard InChI is InChI=1S/C19H11N3O5S/c23-21(24)13-3-1-2-12(10-13)17-8-5-15(27-17)6-9-19-20-16-7-4-14(22(25)26)11-18(16)28-19/h1-11H. The van der Waals surface area contributed by atoms with Crippen molar-refractivity contribution in [2.45, 2.75) is 0 Å². The highest BCUT2D eigenvalue weighted by molar-refractivity contribution is 7.19. The second-order valence-electron chi connectivity index (χ2n) is 5.80. The van der Waals surface area contributed by atoms with Crippen LogP contribution in [0.5, 0.6) is 0 Å². The van der Waals surface area contributed by atoms with E-state index >= 15 is 0 Å². The van der Waals surface area contributed by atoms with Crippen LogP contribution in [0.2, 0.25) is 0 Å². The summed E-state index contributed by atoms with van der Waals surface area (Å²) >= 11 is 1.34. The first-order valence-electron chi connectivity index (χ1n) is 8.07. The lowest BCUT2D eigenvalue weighted by Gasteiger charge is -1.96. The molecule has 4 aromatic rings. The molecule has 28 heavy (non-hydrogen) atoms. The number of rotatable bonds is 5. The topological polar surface area (TPSA) is 112 Å². The Morgan fingerprint density at radius 2 is 1.71 bits per heavy atom. The molecule has 138 valence electrons. The zero-order valence-corrected chi connectivity index (χ0v) is 15.0. The van der Waals surface area contributed by atoms with Crippen LogP contribution in [-0.2, 0) is 0 Å². The van der Waals surface area contributed by atoms with E-state index in [2.05, 4.69) is 4.98 Å². The van der Waals surface area contributed by atoms with E-state index in [1.54, 1.807) is 42.5 Å². The lowest BCUT2D eigenvalue weighted by Crippen LogP contribution is -1.87. The van der Waals surface area contributed by atoms with Crippen molar-refractivity contribution < 1.29 is 14.3 Å². The predicted octanol–water partition coefficient (Wildman–Crippen LogP) is 5.54. The molecular formula is C19H11N3O5S. The summed E-state index contributed by atoms with van der Waals surface area (Å²) in [5.74, 6) is 1.08. The number of aromatic nitrogens is 1. The fourth-order valence-electron chi connectivity index (χ4n) is 2.64. The molecule has 0 saturated carbocycles. The first-order valence-corrected chi connectivity index (χ1v) is 8.89. The summed E-state index contributed by atoms with van der Waals surface area (Å²) in [4.78, 5) is 25.3. The fraction of sp³-hybridized carbons (Fsp3) is 0. The minimum Gasteiger partial charge on any atom is -0.457 e. The van der Waals surface area contributed by atoms with E-state index in [-0.39, 0.29) is 11.4 Å². The maximum Gasteiger partial charge on any atom is 0.270 e. The van der Waals surface area contributed by atoms with Crippen molar-refractivity contribution in [1.29, 1.82) is 0 Å². The number of thiazole rings is 1. The summed E-state index contributed by atoms with van der Waals surface area (Å²) in [6, 6.07) is 14.2. The third-order valence-electron chi connectivity index (χ3n) is 3.96. The van der Waals surface area contributed by atoms with Gasteiger partial charge >= 0.3 is 0 Å². The Hall–Kier alpha value is -3.85.